The number of likely N-dealkylation sites (tertiary alicyclic amines) is 1. The Morgan fingerprint density at radius 1 is 0.759 bits per heavy atom. The monoisotopic (exact) mass is 712 g/mol. The normalized spacial score (nSPS) is 15.3. The molecule has 3 aliphatic heterocycles. The standard InChI is InChI=1S/C44H32N4O6/c45-20-28-5-3-4-27(16-28)17-29-8-9-32(21-46)42(43(49)30-10-12-38-40(18-30)53-25-51-38)36(29)24-48-23-35(34-6-1-2-7-37(34)48)33-14-15-47(22-33)44(50)31-11-13-39-41(19-31)54-26-52-39/h1-13,16,18-19,23,33H,14-15,17,22,24-26H2. The Balaban J connectivity index is 1.10. The van der Waals surface area contributed by atoms with Crippen molar-refractivity contribution in [3.63, 3.8) is 0 Å². The molecule has 1 fully saturated rings. The van der Waals surface area contributed by atoms with E-state index in [0.717, 1.165) is 39.6 Å². The summed E-state index contributed by atoms with van der Waals surface area (Å²) in [5.41, 5.74) is 6.69. The third-order valence-corrected chi connectivity index (χ3v) is 10.5. The molecule has 54 heavy (non-hydrogen) atoms. The average Bonchev–Trinajstić information content (AvgIpc) is 4.04. The molecule has 1 unspecified atom stereocenters. The van der Waals surface area contributed by atoms with Gasteiger partial charge in [-0.05, 0) is 95.8 Å². The highest BCUT2D eigenvalue weighted by Crippen LogP contribution is 2.38. The predicted octanol–water partition coefficient (Wildman–Crippen LogP) is 7.34. The van der Waals surface area contributed by atoms with Crippen LogP contribution in [0.5, 0.6) is 23.0 Å². The quantitative estimate of drug-likeness (QED) is 0.150. The number of ether oxygens (including phenoxy) is 4. The highest BCUT2D eigenvalue weighted by atomic mass is 16.7. The van der Waals surface area contributed by atoms with E-state index in [1.807, 2.05) is 41.3 Å². The summed E-state index contributed by atoms with van der Waals surface area (Å²) in [6.45, 7) is 1.70. The molecule has 10 nitrogen and oxygen atoms in total. The van der Waals surface area contributed by atoms with Crippen molar-refractivity contribution in [2.75, 3.05) is 26.7 Å². The topological polar surface area (TPSA) is 127 Å². The van der Waals surface area contributed by atoms with E-state index >= 15 is 0 Å². The number of benzene rings is 5. The third-order valence-electron chi connectivity index (χ3n) is 10.5. The van der Waals surface area contributed by atoms with Crippen LogP contribution in [0.1, 0.15) is 72.0 Å². The summed E-state index contributed by atoms with van der Waals surface area (Å²) in [5, 5.41) is 21.1. The second-order valence-corrected chi connectivity index (χ2v) is 13.7. The highest BCUT2D eigenvalue weighted by molar-refractivity contribution is 6.12. The summed E-state index contributed by atoms with van der Waals surface area (Å²) in [5.74, 6) is 2.00. The van der Waals surface area contributed by atoms with Gasteiger partial charge in [0.1, 0.15) is 0 Å². The van der Waals surface area contributed by atoms with Gasteiger partial charge < -0.3 is 28.4 Å². The fraction of sp³-hybridized carbons (Fsp3) is 0.182. The van der Waals surface area contributed by atoms with Gasteiger partial charge in [-0.3, -0.25) is 9.59 Å². The fourth-order valence-electron chi connectivity index (χ4n) is 7.85. The van der Waals surface area contributed by atoms with E-state index < -0.39 is 0 Å². The first-order valence-corrected chi connectivity index (χ1v) is 17.7. The maximum Gasteiger partial charge on any atom is 0.254 e. The minimum atomic E-state index is -0.294. The number of carbonyl (C=O) groups excluding carboxylic acids is 2. The molecule has 1 aromatic heterocycles. The molecule has 6 aromatic rings. The number of ketones is 1. The number of carbonyl (C=O) groups is 2. The lowest BCUT2D eigenvalue weighted by Crippen LogP contribution is -2.28. The van der Waals surface area contributed by atoms with E-state index in [1.165, 1.54) is 0 Å². The third kappa shape index (κ3) is 5.84. The van der Waals surface area contributed by atoms with E-state index in [1.54, 1.807) is 48.5 Å². The number of hydrogen-bond acceptors (Lipinski definition) is 8. The van der Waals surface area contributed by atoms with Crippen LogP contribution in [0.3, 0.4) is 0 Å². The number of nitriles is 2. The molecule has 0 bridgehead atoms. The summed E-state index contributed by atoms with van der Waals surface area (Å²) in [7, 11) is 0. The van der Waals surface area contributed by atoms with Crippen LogP contribution in [0.25, 0.3) is 10.9 Å². The Bertz CT molecular complexity index is 2600. The lowest BCUT2D eigenvalue weighted by molar-refractivity contribution is 0.0790. The number of fused-ring (bicyclic) bond motifs is 3. The van der Waals surface area contributed by atoms with E-state index in [9.17, 15) is 20.1 Å². The van der Waals surface area contributed by atoms with Gasteiger partial charge in [0, 0.05) is 59.3 Å². The van der Waals surface area contributed by atoms with Crippen LogP contribution in [0, 0.1) is 22.7 Å². The van der Waals surface area contributed by atoms with Gasteiger partial charge in [0.05, 0.1) is 23.3 Å². The predicted molar refractivity (Wildman–Crippen MR) is 198 cm³/mol. The van der Waals surface area contributed by atoms with Crippen LogP contribution >= 0.6 is 0 Å². The van der Waals surface area contributed by atoms with E-state index in [4.69, 9.17) is 18.9 Å². The van der Waals surface area contributed by atoms with Gasteiger partial charge in [0.2, 0.25) is 13.6 Å². The van der Waals surface area contributed by atoms with Gasteiger partial charge >= 0.3 is 0 Å². The van der Waals surface area contributed by atoms with Crippen LogP contribution in [-0.2, 0) is 13.0 Å². The molecule has 1 amide bonds. The smallest absolute Gasteiger partial charge is 0.254 e. The molecule has 5 aromatic carbocycles. The molecule has 1 atom stereocenters. The van der Waals surface area contributed by atoms with Gasteiger partial charge in [-0.1, -0.05) is 36.4 Å². The summed E-state index contributed by atoms with van der Waals surface area (Å²) < 4.78 is 24.2. The number of nitrogens with zero attached hydrogens (tertiary/aromatic N) is 4. The Morgan fingerprint density at radius 3 is 2.28 bits per heavy atom. The number of rotatable bonds is 8. The zero-order valence-corrected chi connectivity index (χ0v) is 29.1. The van der Waals surface area contributed by atoms with Crippen molar-refractivity contribution in [2.45, 2.75) is 25.3 Å². The molecule has 0 spiro atoms. The molecule has 1 saturated heterocycles. The van der Waals surface area contributed by atoms with Crippen molar-refractivity contribution < 1.29 is 28.5 Å². The first-order valence-electron chi connectivity index (χ1n) is 17.7. The Morgan fingerprint density at radius 2 is 1.50 bits per heavy atom. The Kier molecular flexibility index (Phi) is 8.21. The molecule has 264 valence electrons. The number of hydrogen-bond donors (Lipinski definition) is 0. The summed E-state index contributed by atoms with van der Waals surface area (Å²) >= 11 is 0. The van der Waals surface area contributed by atoms with Crippen molar-refractivity contribution in [1.29, 1.82) is 10.5 Å². The van der Waals surface area contributed by atoms with Gasteiger partial charge in [0.15, 0.2) is 28.8 Å². The Labute approximate surface area is 310 Å². The number of aromatic nitrogens is 1. The first kappa shape index (κ1) is 32.8. The van der Waals surface area contributed by atoms with E-state index in [-0.39, 0.29) is 36.8 Å². The van der Waals surface area contributed by atoms with E-state index in [2.05, 4.69) is 35.0 Å². The molecule has 4 heterocycles. The second-order valence-electron chi connectivity index (χ2n) is 13.7. The van der Waals surface area contributed by atoms with Crippen molar-refractivity contribution in [3.8, 4) is 35.1 Å². The lowest BCUT2D eigenvalue weighted by atomic mass is 9.88. The van der Waals surface area contributed by atoms with Crippen molar-refractivity contribution in [2.24, 2.45) is 0 Å². The molecular formula is C44H32N4O6. The summed E-state index contributed by atoms with van der Waals surface area (Å²) in [4.78, 5) is 30.1. The zero-order chi connectivity index (χ0) is 36.8. The average molecular weight is 713 g/mol. The molecule has 0 saturated carbocycles. The van der Waals surface area contributed by atoms with E-state index in [0.29, 0.717) is 71.3 Å². The van der Waals surface area contributed by atoms with Crippen LogP contribution in [0.4, 0.5) is 0 Å². The van der Waals surface area contributed by atoms with Gasteiger partial charge in [0.25, 0.3) is 5.91 Å². The molecule has 0 radical (unpaired) electrons. The maximum atomic E-state index is 14.5. The van der Waals surface area contributed by atoms with Crippen LogP contribution in [-0.4, -0.2) is 47.8 Å². The minimum Gasteiger partial charge on any atom is -0.454 e. The largest absolute Gasteiger partial charge is 0.454 e. The van der Waals surface area contributed by atoms with Crippen LogP contribution in [0.2, 0.25) is 0 Å². The first-order chi connectivity index (χ1) is 26.5. The second kappa shape index (κ2) is 13.5. The zero-order valence-electron chi connectivity index (χ0n) is 29.1. The van der Waals surface area contributed by atoms with Gasteiger partial charge in [-0.25, -0.2) is 0 Å². The molecule has 3 aliphatic rings. The molecular weight excluding hydrogens is 681 g/mol. The van der Waals surface area contributed by atoms with Crippen molar-refractivity contribution in [1.82, 2.24) is 9.47 Å². The maximum absolute atomic E-state index is 14.5. The van der Waals surface area contributed by atoms with Crippen LogP contribution in [0.15, 0.2) is 103 Å². The fourth-order valence-corrected chi connectivity index (χ4v) is 7.85. The molecule has 10 heteroatoms. The highest BCUT2D eigenvalue weighted by Gasteiger charge is 2.31. The van der Waals surface area contributed by atoms with Gasteiger partial charge in [-0.2, -0.15) is 10.5 Å². The van der Waals surface area contributed by atoms with Crippen LogP contribution < -0.4 is 18.9 Å². The SMILES string of the molecule is N#Cc1cccc(Cc2ccc(C#N)c(C(=O)c3ccc4c(c3)OCO4)c2Cn2cc(C3CCN(C(=O)c4ccc5c(c4)OCO5)C3)c3ccccc32)c1. The van der Waals surface area contributed by atoms with Crippen molar-refractivity contribution in [3.05, 3.63) is 153 Å². The molecule has 0 N–H and O–H groups in total. The molecule has 9 rings (SSSR count). The summed E-state index contributed by atoms with van der Waals surface area (Å²) in [6, 6.07) is 34.1. The number of amides is 1. The number of para-hydroxylation sites is 1. The lowest BCUT2D eigenvalue weighted by Gasteiger charge is -2.18. The molecule has 0 aliphatic carbocycles. The Hall–Kier alpha value is -7.04. The van der Waals surface area contributed by atoms with Crippen molar-refractivity contribution >= 4 is 22.6 Å². The summed E-state index contributed by atoms with van der Waals surface area (Å²) in [6.07, 6.45) is 3.38. The van der Waals surface area contributed by atoms with Gasteiger partial charge in [-0.15, -0.1) is 0 Å². The minimum absolute atomic E-state index is 0.0513.